The molecule has 1 aliphatic heterocycles. The zero-order valence-electron chi connectivity index (χ0n) is 12.4. The Hall–Kier alpha value is -0.0800. The Morgan fingerprint density at radius 1 is 1.06 bits per heavy atom. The van der Waals surface area contributed by atoms with Crippen molar-refractivity contribution in [2.45, 2.75) is 71.4 Å². The molecule has 2 fully saturated rings. The standard InChI is InChI=1S/C16H31NO/c1-3-13-18-16(17-11-5-4-6-12-17)15-9-7-14(2)8-10-15/h14-16H,3-13H2,1-2H3. The summed E-state index contributed by atoms with van der Waals surface area (Å²) in [5.41, 5.74) is 0. The Kier molecular flexibility index (Phi) is 5.97. The van der Waals surface area contributed by atoms with E-state index in [-0.39, 0.29) is 0 Å². The van der Waals surface area contributed by atoms with E-state index in [9.17, 15) is 0 Å². The van der Waals surface area contributed by atoms with Crippen molar-refractivity contribution < 1.29 is 4.74 Å². The predicted octanol–water partition coefficient (Wildman–Crippen LogP) is 4.05. The number of likely N-dealkylation sites (tertiary alicyclic amines) is 1. The van der Waals surface area contributed by atoms with Gasteiger partial charge in [0.2, 0.25) is 0 Å². The van der Waals surface area contributed by atoms with E-state index in [2.05, 4.69) is 18.7 Å². The van der Waals surface area contributed by atoms with E-state index in [0.717, 1.165) is 24.9 Å². The van der Waals surface area contributed by atoms with Gasteiger partial charge in [0.05, 0.1) is 0 Å². The van der Waals surface area contributed by atoms with Crippen molar-refractivity contribution in [2.24, 2.45) is 11.8 Å². The molecule has 0 aromatic heterocycles. The summed E-state index contributed by atoms with van der Waals surface area (Å²) in [7, 11) is 0. The van der Waals surface area contributed by atoms with Gasteiger partial charge in [-0.1, -0.05) is 33.1 Å². The molecular formula is C16H31NO. The fraction of sp³-hybridized carbons (Fsp3) is 1.00. The lowest BCUT2D eigenvalue weighted by atomic mass is 9.81. The minimum absolute atomic E-state index is 0.428. The first-order valence-corrected chi connectivity index (χ1v) is 8.17. The molecule has 1 saturated heterocycles. The van der Waals surface area contributed by atoms with Gasteiger partial charge >= 0.3 is 0 Å². The molecule has 2 heteroatoms. The minimum Gasteiger partial charge on any atom is -0.363 e. The summed E-state index contributed by atoms with van der Waals surface area (Å²) in [6, 6.07) is 0. The van der Waals surface area contributed by atoms with Gasteiger partial charge < -0.3 is 4.74 Å². The quantitative estimate of drug-likeness (QED) is 0.733. The van der Waals surface area contributed by atoms with Gasteiger partial charge in [0, 0.05) is 19.7 Å². The summed E-state index contributed by atoms with van der Waals surface area (Å²) in [4.78, 5) is 2.64. The van der Waals surface area contributed by atoms with Gasteiger partial charge in [-0.3, -0.25) is 4.90 Å². The van der Waals surface area contributed by atoms with E-state index >= 15 is 0 Å². The summed E-state index contributed by atoms with van der Waals surface area (Å²) in [6.07, 6.45) is 11.3. The van der Waals surface area contributed by atoms with Gasteiger partial charge in [0.15, 0.2) is 0 Å². The average Bonchev–Trinajstić information content (AvgIpc) is 2.42. The van der Waals surface area contributed by atoms with E-state index < -0.39 is 0 Å². The highest BCUT2D eigenvalue weighted by atomic mass is 16.5. The van der Waals surface area contributed by atoms with Crippen LogP contribution in [0.25, 0.3) is 0 Å². The highest BCUT2D eigenvalue weighted by molar-refractivity contribution is 4.79. The molecule has 18 heavy (non-hydrogen) atoms. The molecule has 0 aromatic rings. The first-order chi connectivity index (χ1) is 8.81. The molecule has 2 nitrogen and oxygen atoms in total. The monoisotopic (exact) mass is 253 g/mol. The van der Waals surface area contributed by atoms with E-state index in [0.29, 0.717) is 6.23 Å². The number of hydrogen-bond donors (Lipinski definition) is 0. The molecule has 0 N–H and O–H groups in total. The zero-order valence-corrected chi connectivity index (χ0v) is 12.4. The molecule has 0 bridgehead atoms. The van der Waals surface area contributed by atoms with Crippen molar-refractivity contribution in [1.82, 2.24) is 4.90 Å². The van der Waals surface area contributed by atoms with Gasteiger partial charge in [0.25, 0.3) is 0 Å². The summed E-state index contributed by atoms with van der Waals surface area (Å²) < 4.78 is 6.23. The maximum atomic E-state index is 6.23. The van der Waals surface area contributed by atoms with Crippen molar-refractivity contribution in [2.75, 3.05) is 19.7 Å². The van der Waals surface area contributed by atoms with Crippen molar-refractivity contribution in [3.05, 3.63) is 0 Å². The van der Waals surface area contributed by atoms with Crippen LogP contribution < -0.4 is 0 Å². The van der Waals surface area contributed by atoms with Crippen LogP contribution in [0.3, 0.4) is 0 Å². The first-order valence-electron chi connectivity index (χ1n) is 8.17. The van der Waals surface area contributed by atoms with E-state index in [1.807, 2.05) is 0 Å². The third-order valence-electron chi connectivity index (χ3n) is 4.71. The fourth-order valence-electron chi connectivity index (χ4n) is 3.52. The molecule has 0 aromatic carbocycles. The summed E-state index contributed by atoms with van der Waals surface area (Å²) >= 11 is 0. The van der Waals surface area contributed by atoms with Crippen LogP contribution in [0.2, 0.25) is 0 Å². The van der Waals surface area contributed by atoms with Crippen molar-refractivity contribution in [3.63, 3.8) is 0 Å². The van der Waals surface area contributed by atoms with Crippen LogP contribution in [-0.2, 0) is 4.74 Å². The Labute approximate surface area is 113 Å². The molecular weight excluding hydrogens is 222 g/mol. The van der Waals surface area contributed by atoms with Crippen LogP contribution in [0.4, 0.5) is 0 Å². The molecule has 1 atom stereocenters. The molecule has 0 amide bonds. The lowest BCUT2D eigenvalue weighted by Crippen LogP contribution is -2.46. The first kappa shape index (κ1) is 14.3. The van der Waals surface area contributed by atoms with Crippen molar-refractivity contribution >= 4 is 0 Å². The van der Waals surface area contributed by atoms with Crippen molar-refractivity contribution in [3.8, 4) is 0 Å². The highest BCUT2D eigenvalue weighted by Gasteiger charge is 2.31. The van der Waals surface area contributed by atoms with Gasteiger partial charge in [-0.2, -0.15) is 0 Å². The number of nitrogens with zero attached hydrogens (tertiary/aromatic N) is 1. The number of piperidine rings is 1. The Balaban J connectivity index is 1.90. The smallest absolute Gasteiger partial charge is 0.113 e. The number of ether oxygens (including phenoxy) is 1. The summed E-state index contributed by atoms with van der Waals surface area (Å²) in [6.45, 7) is 8.09. The molecule has 2 aliphatic rings. The molecule has 0 spiro atoms. The van der Waals surface area contributed by atoms with Crippen LogP contribution in [0.1, 0.15) is 65.2 Å². The number of hydrogen-bond acceptors (Lipinski definition) is 2. The summed E-state index contributed by atoms with van der Waals surface area (Å²) in [5, 5.41) is 0. The van der Waals surface area contributed by atoms with Gasteiger partial charge in [-0.25, -0.2) is 0 Å². The molecule has 0 radical (unpaired) electrons. The topological polar surface area (TPSA) is 12.5 Å². The lowest BCUT2D eigenvalue weighted by molar-refractivity contribution is -0.109. The SMILES string of the molecule is CCCOC(C1CCC(C)CC1)N1CCCCC1. The van der Waals surface area contributed by atoms with E-state index in [1.165, 1.54) is 58.0 Å². The average molecular weight is 253 g/mol. The molecule has 2 rings (SSSR count). The predicted molar refractivity (Wildman–Crippen MR) is 76.6 cm³/mol. The molecule has 1 unspecified atom stereocenters. The molecule has 1 aliphatic carbocycles. The van der Waals surface area contributed by atoms with Crippen LogP contribution >= 0.6 is 0 Å². The maximum absolute atomic E-state index is 6.23. The van der Waals surface area contributed by atoms with Gasteiger partial charge in [-0.05, 0) is 43.9 Å². The Morgan fingerprint density at radius 2 is 1.72 bits per heavy atom. The maximum Gasteiger partial charge on any atom is 0.113 e. The van der Waals surface area contributed by atoms with Crippen LogP contribution in [0.5, 0.6) is 0 Å². The second-order valence-electron chi connectivity index (χ2n) is 6.38. The normalized spacial score (nSPS) is 32.3. The summed E-state index contributed by atoms with van der Waals surface area (Å²) in [5.74, 6) is 1.74. The Morgan fingerprint density at radius 3 is 2.33 bits per heavy atom. The molecule has 1 heterocycles. The van der Waals surface area contributed by atoms with Gasteiger partial charge in [-0.15, -0.1) is 0 Å². The third-order valence-corrected chi connectivity index (χ3v) is 4.71. The van der Waals surface area contributed by atoms with Gasteiger partial charge in [0.1, 0.15) is 6.23 Å². The highest BCUT2D eigenvalue weighted by Crippen LogP contribution is 2.33. The van der Waals surface area contributed by atoms with Crippen LogP contribution in [-0.4, -0.2) is 30.8 Å². The fourth-order valence-corrected chi connectivity index (χ4v) is 3.52. The van der Waals surface area contributed by atoms with Crippen LogP contribution in [0, 0.1) is 11.8 Å². The number of rotatable bonds is 5. The second-order valence-corrected chi connectivity index (χ2v) is 6.38. The van der Waals surface area contributed by atoms with Crippen molar-refractivity contribution in [1.29, 1.82) is 0 Å². The molecule has 106 valence electrons. The van der Waals surface area contributed by atoms with E-state index in [1.54, 1.807) is 0 Å². The zero-order chi connectivity index (χ0) is 12.8. The Bertz CT molecular complexity index is 217. The lowest BCUT2D eigenvalue weighted by Gasteiger charge is -2.41. The van der Waals surface area contributed by atoms with Crippen LogP contribution in [0.15, 0.2) is 0 Å². The largest absolute Gasteiger partial charge is 0.363 e. The molecule has 1 saturated carbocycles. The third kappa shape index (κ3) is 3.96. The second kappa shape index (κ2) is 7.49. The van der Waals surface area contributed by atoms with E-state index in [4.69, 9.17) is 4.74 Å². The minimum atomic E-state index is 0.428.